The lowest BCUT2D eigenvalue weighted by Gasteiger charge is -2.25. The van der Waals surface area contributed by atoms with Crippen LogP contribution >= 0.6 is 0 Å². The molecular weight excluding hydrogens is 457 g/mol. The van der Waals surface area contributed by atoms with Crippen LogP contribution in [-0.4, -0.2) is 38.9 Å². The largest absolute Gasteiger partial charge is 0.481 e. The molecule has 0 saturated heterocycles. The van der Waals surface area contributed by atoms with Crippen molar-refractivity contribution in [3.8, 4) is 11.3 Å². The lowest BCUT2D eigenvalue weighted by molar-refractivity contribution is -0.137. The Morgan fingerprint density at radius 3 is 2.36 bits per heavy atom. The first-order valence-electron chi connectivity index (χ1n) is 11.9. The van der Waals surface area contributed by atoms with Crippen molar-refractivity contribution in [3.05, 3.63) is 95.4 Å². The van der Waals surface area contributed by atoms with Crippen LogP contribution < -0.4 is 0 Å². The van der Waals surface area contributed by atoms with E-state index < -0.39 is 5.97 Å². The number of aryl methyl sites for hydroxylation is 1. The second-order valence-electron chi connectivity index (χ2n) is 8.83. The van der Waals surface area contributed by atoms with Gasteiger partial charge in [-0.15, -0.1) is 0 Å². The molecule has 184 valence electrons. The molecule has 0 fully saturated rings. The van der Waals surface area contributed by atoms with E-state index in [-0.39, 0.29) is 24.2 Å². The van der Waals surface area contributed by atoms with E-state index in [1.807, 2.05) is 37.3 Å². The maximum atomic E-state index is 13.3. The van der Waals surface area contributed by atoms with Crippen LogP contribution in [0.2, 0.25) is 0 Å². The summed E-state index contributed by atoms with van der Waals surface area (Å²) in [5, 5.41) is 8.96. The van der Waals surface area contributed by atoms with Crippen molar-refractivity contribution in [2.24, 2.45) is 0 Å². The van der Waals surface area contributed by atoms with Crippen LogP contribution in [0.5, 0.6) is 0 Å². The molecule has 7 heteroatoms. The van der Waals surface area contributed by atoms with Gasteiger partial charge in [-0.3, -0.25) is 9.59 Å². The third kappa shape index (κ3) is 5.74. The summed E-state index contributed by atoms with van der Waals surface area (Å²) < 4.78 is 13.3. The standard InChI is InChI=1S/C29H28FN3O3/c1-19(20-12-15-23(30)16-13-20)33(2)29(36)22-14-17-24-26(18-22)31-25(10-6-7-11-27(34)35)28(32-24)21-8-4-3-5-9-21/h3-5,8-9,12-19H,6-7,10-11H2,1-2H3,(H,34,35). The van der Waals surface area contributed by atoms with Crippen LogP contribution in [0.1, 0.15) is 53.8 Å². The molecule has 0 spiro atoms. The van der Waals surface area contributed by atoms with Crippen LogP contribution in [0, 0.1) is 5.82 Å². The molecule has 0 bridgehead atoms. The molecule has 4 aromatic rings. The zero-order valence-corrected chi connectivity index (χ0v) is 20.3. The Bertz CT molecular complexity index is 1370. The van der Waals surface area contributed by atoms with Crippen molar-refractivity contribution in [2.45, 2.75) is 38.6 Å². The summed E-state index contributed by atoms with van der Waals surface area (Å²) in [6, 6.07) is 20.9. The lowest BCUT2D eigenvalue weighted by Crippen LogP contribution is -2.29. The summed E-state index contributed by atoms with van der Waals surface area (Å²) in [6.07, 6.45) is 1.91. The van der Waals surface area contributed by atoms with Crippen LogP contribution in [0.4, 0.5) is 4.39 Å². The SMILES string of the molecule is CC(c1ccc(F)cc1)N(C)C(=O)c1ccc2nc(-c3ccccc3)c(CCCCC(=O)O)nc2c1. The molecule has 1 amide bonds. The number of nitrogens with zero attached hydrogens (tertiary/aromatic N) is 3. The van der Waals surface area contributed by atoms with Crippen LogP contribution in [0.25, 0.3) is 22.3 Å². The molecule has 0 aliphatic heterocycles. The van der Waals surface area contributed by atoms with Crippen molar-refractivity contribution in [1.82, 2.24) is 14.9 Å². The van der Waals surface area contributed by atoms with Gasteiger partial charge in [-0.05, 0) is 62.1 Å². The molecule has 0 aliphatic rings. The molecule has 1 unspecified atom stereocenters. The second kappa shape index (κ2) is 11.1. The van der Waals surface area contributed by atoms with Gasteiger partial charge in [0.15, 0.2) is 0 Å². The average Bonchev–Trinajstić information content (AvgIpc) is 2.90. The van der Waals surface area contributed by atoms with E-state index in [1.165, 1.54) is 12.1 Å². The van der Waals surface area contributed by atoms with E-state index in [1.54, 1.807) is 42.3 Å². The highest BCUT2D eigenvalue weighted by atomic mass is 19.1. The number of aromatic nitrogens is 2. The molecule has 36 heavy (non-hydrogen) atoms. The zero-order valence-electron chi connectivity index (χ0n) is 20.3. The Kier molecular flexibility index (Phi) is 7.68. The van der Waals surface area contributed by atoms with E-state index in [0.29, 0.717) is 35.9 Å². The fraction of sp³-hybridized carbons (Fsp3) is 0.241. The van der Waals surface area contributed by atoms with E-state index in [0.717, 1.165) is 22.5 Å². The number of fused-ring (bicyclic) bond motifs is 1. The quantitative estimate of drug-likeness (QED) is 0.291. The molecule has 0 radical (unpaired) electrons. The number of unbranched alkanes of at least 4 members (excludes halogenated alkanes) is 1. The van der Waals surface area contributed by atoms with Gasteiger partial charge in [-0.1, -0.05) is 42.5 Å². The summed E-state index contributed by atoms with van der Waals surface area (Å²) in [6.45, 7) is 1.90. The zero-order chi connectivity index (χ0) is 25.7. The number of rotatable bonds is 9. The number of carboxylic acids is 1. The molecule has 1 aromatic heterocycles. The maximum absolute atomic E-state index is 13.3. The molecule has 0 saturated carbocycles. The Morgan fingerprint density at radius 1 is 0.944 bits per heavy atom. The average molecular weight is 486 g/mol. The summed E-state index contributed by atoms with van der Waals surface area (Å²) in [7, 11) is 1.72. The molecule has 1 heterocycles. The van der Waals surface area contributed by atoms with Crippen LogP contribution in [0.3, 0.4) is 0 Å². The minimum absolute atomic E-state index is 0.110. The molecule has 4 rings (SSSR count). The number of hydrogen-bond acceptors (Lipinski definition) is 4. The van der Waals surface area contributed by atoms with Gasteiger partial charge in [0, 0.05) is 24.6 Å². The van der Waals surface area contributed by atoms with Gasteiger partial charge in [0.2, 0.25) is 0 Å². The first-order valence-corrected chi connectivity index (χ1v) is 11.9. The third-order valence-electron chi connectivity index (χ3n) is 6.34. The van der Waals surface area contributed by atoms with Gasteiger partial charge in [0.1, 0.15) is 5.82 Å². The van der Waals surface area contributed by atoms with Crippen LogP contribution in [0.15, 0.2) is 72.8 Å². The highest BCUT2D eigenvalue weighted by molar-refractivity contribution is 5.97. The highest BCUT2D eigenvalue weighted by Crippen LogP contribution is 2.27. The molecule has 1 atom stereocenters. The van der Waals surface area contributed by atoms with Crippen LogP contribution in [-0.2, 0) is 11.2 Å². The van der Waals surface area contributed by atoms with Crippen molar-refractivity contribution < 1.29 is 19.1 Å². The molecule has 0 aliphatic carbocycles. The van der Waals surface area contributed by atoms with Crippen molar-refractivity contribution in [3.63, 3.8) is 0 Å². The lowest BCUT2D eigenvalue weighted by atomic mass is 10.0. The normalized spacial score (nSPS) is 11.9. The van der Waals surface area contributed by atoms with Gasteiger partial charge >= 0.3 is 5.97 Å². The van der Waals surface area contributed by atoms with Gasteiger partial charge in [-0.2, -0.15) is 0 Å². The number of carboxylic acid groups (broad SMARTS) is 1. The van der Waals surface area contributed by atoms with Gasteiger partial charge in [0.05, 0.1) is 28.5 Å². The number of benzene rings is 3. The number of carbonyl (C=O) groups is 2. The molecule has 3 aromatic carbocycles. The molecule has 6 nitrogen and oxygen atoms in total. The van der Waals surface area contributed by atoms with E-state index >= 15 is 0 Å². The van der Waals surface area contributed by atoms with Crippen molar-refractivity contribution in [1.29, 1.82) is 0 Å². The minimum atomic E-state index is -0.815. The monoisotopic (exact) mass is 485 g/mol. The topological polar surface area (TPSA) is 83.4 Å². The first kappa shape index (κ1) is 25.0. The van der Waals surface area contributed by atoms with Gasteiger partial charge in [-0.25, -0.2) is 14.4 Å². The summed E-state index contributed by atoms with van der Waals surface area (Å²) in [5.74, 6) is -1.31. The Balaban J connectivity index is 1.64. The van der Waals surface area contributed by atoms with Crippen molar-refractivity contribution >= 4 is 22.9 Å². The number of aliphatic carboxylic acids is 1. The number of amides is 1. The van der Waals surface area contributed by atoms with E-state index in [2.05, 4.69) is 0 Å². The first-order chi connectivity index (χ1) is 17.3. The van der Waals surface area contributed by atoms with Gasteiger partial charge < -0.3 is 10.0 Å². The minimum Gasteiger partial charge on any atom is -0.481 e. The Labute approximate surface area is 209 Å². The van der Waals surface area contributed by atoms with Gasteiger partial charge in [0.25, 0.3) is 5.91 Å². The number of carbonyl (C=O) groups excluding carboxylic acids is 1. The summed E-state index contributed by atoms with van der Waals surface area (Å²) in [4.78, 5) is 35.5. The maximum Gasteiger partial charge on any atom is 0.303 e. The Hall–Kier alpha value is -4.13. The third-order valence-corrected chi connectivity index (χ3v) is 6.34. The smallest absolute Gasteiger partial charge is 0.303 e. The number of halogens is 1. The van der Waals surface area contributed by atoms with E-state index in [4.69, 9.17) is 15.1 Å². The molecular formula is C29H28FN3O3. The highest BCUT2D eigenvalue weighted by Gasteiger charge is 2.20. The molecule has 1 N–H and O–H groups in total. The summed E-state index contributed by atoms with van der Waals surface area (Å²) >= 11 is 0. The fourth-order valence-electron chi connectivity index (χ4n) is 4.14. The van der Waals surface area contributed by atoms with Crippen molar-refractivity contribution in [2.75, 3.05) is 7.05 Å². The number of hydrogen-bond donors (Lipinski definition) is 1. The predicted molar refractivity (Wildman–Crippen MR) is 137 cm³/mol. The summed E-state index contributed by atoms with van der Waals surface area (Å²) in [5.41, 5.74) is 5.08. The van der Waals surface area contributed by atoms with E-state index in [9.17, 15) is 14.0 Å². The second-order valence-corrected chi connectivity index (χ2v) is 8.83. The fourth-order valence-corrected chi connectivity index (χ4v) is 4.14. The Morgan fingerprint density at radius 2 is 1.67 bits per heavy atom. The predicted octanol–water partition coefficient (Wildman–Crippen LogP) is 6.07.